The van der Waals surface area contributed by atoms with Gasteiger partial charge >= 0.3 is 0 Å². The van der Waals surface area contributed by atoms with Gasteiger partial charge in [0.05, 0.1) is 12.0 Å². The summed E-state index contributed by atoms with van der Waals surface area (Å²) in [4.78, 5) is 17.1. The summed E-state index contributed by atoms with van der Waals surface area (Å²) in [6.45, 7) is 0.710. The predicted octanol–water partition coefficient (Wildman–Crippen LogP) is 3.86. The topological polar surface area (TPSA) is 64.7 Å². The minimum Gasteiger partial charge on any atom is -0.333 e. The van der Waals surface area contributed by atoms with Gasteiger partial charge in [0, 0.05) is 35.9 Å². The van der Waals surface area contributed by atoms with Crippen LogP contribution in [0.25, 0.3) is 5.69 Å². The number of rotatable bonds is 5. The molecule has 6 nitrogen and oxygen atoms in total. The average Bonchev–Trinajstić information content (AvgIpc) is 3.47. The lowest BCUT2D eigenvalue weighted by molar-refractivity contribution is 0.102. The zero-order chi connectivity index (χ0) is 19.6. The van der Waals surface area contributed by atoms with Crippen LogP contribution in [0.2, 0.25) is 0 Å². The second-order valence-electron chi connectivity index (χ2n) is 7.26. The number of nitrogens with one attached hydrogen (secondary N) is 1. The highest BCUT2D eigenvalue weighted by atomic mass is 16.2. The van der Waals surface area contributed by atoms with Crippen molar-refractivity contribution in [3.05, 3.63) is 95.8 Å². The van der Waals surface area contributed by atoms with Crippen LogP contribution in [0.3, 0.4) is 0 Å². The molecule has 2 aromatic carbocycles. The lowest BCUT2D eigenvalue weighted by atomic mass is 10.1. The van der Waals surface area contributed by atoms with E-state index < -0.39 is 0 Å². The van der Waals surface area contributed by atoms with Gasteiger partial charge in [0.25, 0.3) is 5.91 Å². The molecular weight excluding hydrogens is 362 g/mol. The molecule has 2 aromatic heterocycles. The molecule has 1 aliphatic carbocycles. The molecule has 4 aromatic rings. The van der Waals surface area contributed by atoms with Crippen molar-refractivity contribution in [3.8, 4) is 5.69 Å². The number of imidazole rings is 1. The van der Waals surface area contributed by atoms with Crippen LogP contribution >= 0.6 is 0 Å². The normalized spacial score (nSPS) is 12.7. The largest absolute Gasteiger partial charge is 0.333 e. The number of benzene rings is 2. The van der Waals surface area contributed by atoms with Gasteiger partial charge in [-0.2, -0.15) is 5.10 Å². The molecule has 0 aliphatic heterocycles. The fourth-order valence-electron chi connectivity index (χ4n) is 3.93. The van der Waals surface area contributed by atoms with E-state index in [4.69, 9.17) is 0 Å². The van der Waals surface area contributed by atoms with Crippen LogP contribution in [0, 0.1) is 0 Å². The van der Waals surface area contributed by atoms with E-state index in [0.717, 1.165) is 47.5 Å². The summed E-state index contributed by atoms with van der Waals surface area (Å²) in [5.41, 5.74) is 5.61. The van der Waals surface area contributed by atoms with Gasteiger partial charge in [-0.05, 0) is 49.1 Å². The molecular formula is C23H21N5O. The van der Waals surface area contributed by atoms with E-state index in [-0.39, 0.29) is 5.91 Å². The Hall–Kier alpha value is -3.67. The summed E-state index contributed by atoms with van der Waals surface area (Å²) in [5.74, 6) is -0.155. The van der Waals surface area contributed by atoms with Crippen molar-refractivity contribution < 1.29 is 4.79 Å². The van der Waals surface area contributed by atoms with Gasteiger partial charge in [-0.3, -0.25) is 4.79 Å². The highest BCUT2D eigenvalue weighted by Crippen LogP contribution is 2.28. The molecule has 0 saturated heterocycles. The average molecular weight is 383 g/mol. The first-order chi connectivity index (χ1) is 14.3. The van der Waals surface area contributed by atoms with Gasteiger partial charge in [0.2, 0.25) is 0 Å². The number of para-hydroxylation sites is 1. The molecule has 6 heteroatoms. The summed E-state index contributed by atoms with van der Waals surface area (Å²) >= 11 is 0. The van der Waals surface area contributed by atoms with E-state index in [1.807, 2.05) is 70.0 Å². The summed E-state index contributed by atoms with van der Waals surface area (Å²) in [7, 11) is 0. The Bertz CT molecular complexity index is 1150. The molecule has 0 saturated carbocycles. The zero-order valence-electron chi connectivity index (χ0n) is 16.0. The molecule has 5 rings (SSSR count). The van der Waals surface area contributed by atoms with Crippen molar-refractivity contribution in [2.24, 2.45) is 0 Å². The molecule has 0 unspecified atom stereocenters. The maximum Gasteiger partial charge on any atom is 0.276 e. The molecule has 1 N–H and O–H groups in total. The third-order valence-corrected chi connectivity index (χ3v) is 5.26. The molecule has 0 spiro atoms. The van der Waals surface area contributed by atoms with Gasteiger partial charge < -0.3 is 9.88 Å². The van der Waals surface area contributed by atoms with Gasteiger partial charge in [0.1, 0.15) is 0 Å². The number of hydrogen-bond acceptors (Lipinski definition) is 3. The first-order valence-corrected chi connectivity index (χ1v) is 9.80. The smallest absolute Gasteiger partial charge is 0.276 e. The first-order valence-electron chi connectivity index (χ1n) is 9.80. The summed E-state index contributed by atoms with van der Waals surface area (Å²) in [6, 6.07) is 17.9. The lowest BCUT2D eigenvalue weighted by Crippen LogP contribution is -2.15. The SMILES string of the molecule is O=C(Nc1cccc(Cn2ccnc2)c1)c1nn(-c2ccccc2)c2c1CCC2. The van der Waals surface area contributed by atoms with Crippen LogP contribution in [-0.2, 0) is 19.4 Å². The third kappa shape index (κ3) is 3.45. The predicted molar refractivity (Wildman–Crippen MR) is 111 cm³/mol. The minimum absolute atomic E-state index is 0.155. The first kappa shape index (κ1) is 17.4. The quantitative estimate of drug-likeness (QED) is 0.569. The highest BCUT2D eigenvalue weighted by Gasteiger charge is 2.27. The summed E-state index contributed by atoms with van der Waals surface area (Å²) in [6.07, 6.45) is 8.36. The fraction of sp³-hybridized carbons (Fsp3) is 0.174. The van der Waals surface area contributed by atoms with E-state index in [1.54, 1.807) is 12.5 Å². The Labute approximate surface area is 168 Å². The van der Waals surface area contributed by atoms with Crippen molar-refractivity contribution in [2.75, 3.05) is 5.32 Å². The van der Waals surface area contributed by atoms with Crippen LogP contribution in [0.15, 0.2) is 73.3 Å². The van der Waals surface area contributed by atoms with Crippen molar-refractivity contribution in [1.82, 2.24) is 19.3 Å². The fourth-order valence-corrected chi connectivity index (χ4v) is 3.93. The van der Waals surface area contributed by atoms with Crippen molar-refractivity contribution in [1.29, 1.82) is 0 Å². The van der Waals surface area contributed by atoms with Crippen molar-refractivity contribution >= 4 is 11.6 Å². The van der Waals surface area contributed by atoms with E-state index in [1.165, 1.54) is 0 Å². The van der Waals surface area contributed by atoms with E-state index >= 15 is 0 Å². The molecule has 1 amide bonds. The molecule has 0 fully saturated rings. The number of carbonyl (C=O) groups excluding carboxylic acids is 1. The Kier molecular flexibility index (Phi) is 4.44. The number of hydrogen-bond donors (Lipinski definition) is 1. The summed E-state index contributed by atoms with van der Waals surface area (Å²) < 4.78 is 3.92. The van der Waals surface area contributed by atoms with Crippen molar-refractivity contribution in [2.45, 2.75) is 25.8 Å². The number of fused-ring (bicyclic) bond motifs is 1. The van der Waals surface area contributed by atoms with Gasteiger partial charge in [-0.15, -0.1) is 0 Å². The van der Waals surface area contributed by atoms with Gasteiger partial charge in [-0.1, -0.05) is 30.3 Å². The number of nitrogens with zero attached hydrogens (tertiary/aromatic N) is 4. The minimum atomic E-state index is -0.155. The third-order valence-electron chi connectivity index (χ3n) is 5.26. The van der Waals surface area contributed by atoms with E-state index in [2.05, 4.69) is 15.4 Å². The second kappa shape index (κ2) is 7.39. The Morgan fingerprint density at radius 2 is 1.97 bits per heavy atom. The number of amides is 1. The van der Waals surface area contributed by atoms with E-state index in [0.29, 0.717) is 12.2 Å². The van der Waals surface area contributed by atoms with Crippen LogP contribution in [0.1, 0.15) is 33.7 Å². The lowest BCUT2D eigenvalue weighted by Gasteiger charge is -2.08. The molecule has 144 valence electrons. The molecule has 1 aliphatic rings. The van der Waals surface area contributed by atoms with E-state index in [9.17, 15) is 4.79 Å². The second-order valence-corrected chi connectivity index (χ2v) is 7.26. The Balaban J connectivity index is 1.41. The number of aromatic nitrogens is 4. The number of anilines is 1. The summed E-state index contributed by atoms with van der Waals surface area (Å²) in [5, 5.41) is 7.71. The standard InChI is InChI=1S/C23H21N5O/c29-23(25-18-7-4-6-17(14-18)15-27-13-12-24-16-27)22-20-10-5-11-21(20)28(26-22)19-8-2-1-3-9-19/h1-4,6-9,12-14,16H,5,10-11,15H2,(H,25,29). The molecule has 29 heavy (non-hydrogen) atoms. The van der Waals surface area contributed by atoms with Gasteiger partial charge in [-0.25, -0.2) is 9.67 Å². The van der Waals surface area contributed by atoms with Gasteiger partial charge in [0.15, 0.2) is 5.69 Å². The molecule has 0 atom stereocenters. The monoisotopic (exact) mass is 383 g/mol. The maximum absolute atomic E-state index is 13.0. The Morgan fingerprint density at radius 1 is 1.07 bits per heavy atom. The highest BCUT2D eigenvalue weighted by molar-refractivity contribution is 6.04. The van der Waals surface area contributed by atoms with Crippen LogP contribution in [0.4, 0.5) is 5.69 Å². The Morgan fingerprint density at radius 3 is 2.79 bits per heavy atom. The maximum atomic E-state index is 13.0. The molecule has 0 radical (unpaired) electrons. The molecule has 2 heterocycles. The van der Waals surface area contributed by atoms with Crippen molar-refractivity contribution in [3.63, 3.8) is 0 Å². The number of carbonyl (C=O) groups is 1. The zero-order valence-corrected chi connectivity index (χ0v) is 16.0. The van der Waals surface area contributed by atoms with Crippen LogP contribution in [0.5, 0.6) is 0 Å². The van der Waals surface area contributed by atoms with Crippen LogP contribution < -0.4 is 5.32 Å². The molecule has 0 bridgehead atoms. The van der Waals surface area contributed by atoms with Crippen LogP contribution in [-0.4, -0.2) is 25.2 Å².